The molecule has 2 aromatic heterocycles. The van der Waals surface area contributed by atoms with Crippen LogP contribution in [0.2, 0.25) is 0 Å². The molecular weight excluding hydrogens is 304 g/mol. The molecule has 3 aromatic rings. The number of aromatic nitrogens is 3. The van der Waals surface area contributed by atoms with Gasteiger partial charge in [0.25, 0.3) is 0 Å². The molecule has 21 heavy (non-hydrogen) atoms. The molecule has 1 aromatic carbocycles. The number of nitrogens with one attached hydrogen (secondary N) is 2. The Morgan fingerprint density at radius 3 is 2.90 bits per heavy atom. The molecule has 0 aliphatic heterocycles. The summed E-state index contributed by atoms with van der Waals surface area (Å²) >= 11 is 2.83. The molecule has 5 nitrogen and oxygen atoms in total. The van der Waals surface area contributed by atoms with Crippen LogP contribution in [-0.2, 0) is 4.79 Å². The number of carbonyl (C=O) groups excluding carboxylic acids is 1. The van der Waals surface area contributed by atoms with Crippen molar-refractivity contribution in [1.29, 1.82) is 0 Å². The minimum absolute atomic E-state index is 0.0743. The molecule has 0 aliphatic rings. The van der Waals surface area contributed by atoms with Crippen molar-refractivity contribution >= 4 is 45.2 Å². The second kappa shape index (κ2) is 5.87. The molecule has 0 radical (unpaired) electrons. The van der Waals surface area contributed by atoms with Crippen molar-refractivity contribution < 1.29 is 4.79 Å². The van der Waals surface area contributed by atoms with E-state index in [9.17, 15) is 4.79 Å². The number of nitrogens with zero attached hydrogens (tertiary/aromatic N) is 2. The zero-order valence-corrected chi connectivity index (χ0v) is 13.2. The molecule has 0 spiro atoms. The average molecular weight is 318 g/mol. The molecular formula is C14H14N4OS2. The summed E-state index contributed by atoms with van der Waals surface area (Å²) in [6, 6.07) is 7.81. The van der Waals surface area contributed by atoms with Crippen molar-refractivity contribution in [3.05, 3.63) is 35.3 Å². The molecule has 0 saturated carbocycles. The van der Waals surface area contributed by atoms with Crippen molar-refractivity contribution in [3.8, 4) is 0 Å². The smallest absolute Gasteiger partial charge is 0.239 e. The quantitative estimate of drug-likeness (QED) is 0.723. The lowest BCUT2D eigenvalue weighted by Crippen LogP contribution is -2.22. The van der Waals surface area contributed by atoms with Crippen molar-refractivity contribution in [2.45, 2.75) is 24.3 Å². The normalized spacial score (nSPS) is 12.5. The van der Waals surface area contributed by atoms with Gasteiger partial charge in [0.05, 0.1) is 22.0 Å². The molecule has 108 valence electrons. The fourth-order valence-corrected chi connectivity index (χ4v) is 3.34. The van der Waals surface area contributed by atoms with Crippen LogP contribution in [0, 0.1) is 6.92 Å². The third kappa shape index (κ3) is 3.25. The number of anilines is 1. The van der Waals surface area contributed by atoms with Gasteiger partial charge in [0.1, 0.15) is 0 Å². The Labute approximate surface area is 130 Å². The Hall–Kier alpha value is -1.86. The van der Waals surface area contributed by atoms with Gasteiger partial charge >= 0.3 is 0 Å². The van der Waals surface area contributed by atoms with Gasteiger partial charge in [-0.2, -0.15) is 0 Å². The highest BCUT2D eigenvalue weighted by molar-refractivity contribution is 8.00. The van der Waals surface area contributed by atoms with Crippen LogP contribution in [0.5, 0.6) is 0 Å². The zero-order valence-electron chi connectivity index (χ0n) is 11.6. The fraction of sp³-hybridized carbons (Fsp3) is 0.214. The van der Waals surface area contributed by atoms with Crippen LogP contribution in [0.3, 0.4) is 0 Å². The number of carbonyl (C=O) groups is 1. The van der Waals surface area contributed by atoms with Crippen molar-refractivity contribution in [2.24, 2.45) is 0 Å². The van der Waals surface area contributed by atoms with Crippen LogP contribution < -0.4 is 5.32 Å². The van der Waals surface area contributed by atoms with E-state index in [-0.39, 0.29) is 11.2 Å². The van der Waals surface area contributed by atoms with Gasteiger partial charge in [-0.05, 0) is 26.0 Å². The number of aromatic amines is 1. The molecule has 1 amide bonds. The minimum atomic E-state index is -0.255. The average Bonchev–Trinajstić information content (AvgIpc) is 3.04. The van der Waals surface area contributed by atoms with E-state index in [4.69, 9.17) is 0 Å². The van der Waals surface area contributed by atoms with Crippen molar-refractivity contribution in [3.63, 3.8) is 0 Å². The first-order valence-corrected chi connectivity index (χ1v) is 8.22. The van der Waals surface area contributed by atoms with Crippen LogP contribution in [0.25, 0.3) is 11.0 Å². The van der Waals surface area contributed by atoms with E-state index in [0.29, 0.717) is 5.13 Å². The number of thioether (sulfide) groups is 1. The molecule has 0 bridgehead atoms. The van der Waals surface area contributed by atoms with Crippen molar-refractivity contribution in [2.75, 3.05) is 5.32 Å². The standard InChI is InChI=1S/C14H14N4OS2/c1-8-7-20-13(15-8)18-12(19)9(2)21-14-16-10-5-3-4-6-11(10)17-14/h3-7,9H,1-2H3,(H,16,17)(H,15,18,19). The zero-order chi connectivity index (χ0) is 14.8. The molecule has 0 fully saturated rings. The largest absolute Gasteiger partial charge is 0.333 e. The Morgan fingerprint density at radius 1 is 1.38 bits per heavy atom. The number of hydrogen-bond acceptors (Lipinski definition) is 5. The Morgan fingerprint density at radius 2 is 2.19 bits per heavy atom. The number of fused-ring (bicyclic) bond motifs is 1. The number of amides is 1. The fourth-order valence-electron chi connectivity index (χ4n) is 1.82. The summed E-state index contributed by atoms with van der Waals surface area (Å²) in [6.45, 7) is 3.76. The molecule has 0 saturated heterocycles. The maximum absolute atomic E-state index is 12.1. The number of H-pyrrole nitrogens is 1. The highest BCUT2D eigenvalue weighted by Gasteiger charge is 2.17. The molecule has 2 heterocycles. The van der Waals surface area contributed by atoms with Crippen LogP contribution in [0.4, 0.5) is 5.13 Å². The molecule has 3 rings (SSSR count). The van der Waals surface area contributed by atoms with Gasteiger partial charge in [-0.25, -0.2) is 9.97 Å². The predicted molar refractivity (Wildman–Crippen MR) is 86.9 cm³/mol. The van der Waals surface area contributed by atoms with Gasteiger partial charge in [-0.3, -0.25) is 4.79 Å². The summed E-state index contributed by atoms with van der Waals surface area (Å²) in [4.78, 5) is 24.0. The highest BCUT2D eigenvalue weighted by Crippen LogP contribution is 2.24. The molecule has 7 heteroatoms. The Kier molecular flexibility index (Phi) is 3.94. The minimum Gasteiger partial charge on any atom is -0.333 e. The second-order valence-corrected chi connectivity index (χ2v) is 6.79. The van der Waals surface area contributed by atoms with Crippen molar-refractivity contribution in [1.82, 2.24) is 15.0 Å². The van der Waals surface area contributed by atoms with E-state index >= 15 is 0 Å². The monoisotopic (exact) mass is 318 g/mol. The van der Waals surface area contributed by atoms with Gasteiger partial charge in [-0.1, -0.05) is 23.9 Å². The van der Waals surface area contributed by atoms with E-state index in [2.05, 4.69) is 20.3 Å². The number of thiazole rings is 1. The lowest BCUT2D eigenvalue weighted by Gasteiger charge is -2.08. The lowest BCUT2D eigenvalue weighted by molar-refractivity contribution is -0.115. The number of rotatable bonds is 4. The Bertz CT molecular complexity index is 747. The third-order valence-electron chi connectivity index (χ3n) is 2.87. The number of hydrogen-bond donors (Lipinski definition) is 2. The molecule has 1 unspecified atom stereocenters. The van der Waals surface area contributed by atoms with Crippen LogP contribution in [0.15, 0.2) is 34.8 Å². The van der Waals surface area contributed by atoms with Crippen LogP contribution >= 0.6 is 23.1 Å². The van der Waals surface area contributed by atoms with Crippen LogP contribution in [-0.4, -0.2) is 26.1 Å². The summed E-state index contributed by atoms with van der Waals surface area (Å²) in [5.74, 6) is -0.0743. The van der Waals surface area contributed by atoms with E-state index in [0.717, 1.165) is 21.9 Å². The number of para-hydroxylation sites is 2. The first kappa shape index (κ1) is 14.1. The van der Waals surface area contributed by atoms with Gasteiger partial charge in [-0.15, -0.1) is 11.3 Å². The molecule has 2 N–H and O–H groups in total. The SMILES string of the molecule is Cc1csc(NC(=O)C(C)Sc2nc3ccccc3[nH]2)n1. The maximum atomic E-state index is 12.1. The van der Waals surface area contributed by atoms with Gasteiger partial charge in [0.2, 0.25) is 5.91 Å². The summed E-state index contributed by atoms with van der Waals surface area (Å²) in [5.41, 5.74) is 2.79. The summed E-state index contributed by atoms with van der Waals surface area (Å²) < 4.78 is 0. The highest BCUT2D eigenvalue weighted by atomic mass is 32.2. The number of benzene rings is 1. The predicted octanol–water partition coefficient (Wildman–Crippen LogP) is 3.45. The van der Waals surface area contributed by atoms with E-state index in [1.807, 2.05) is 43.5 Å². The van der Waals surface area contributed by atoms with Crippen LogP contribution in [0.1, 0.15) is 12.6 Å². The second-order valence-electron chi connectivity index (χ2n) is 4.60. The number of aryl methyl sites for hydroxylation is 1. The van der Waals surface area contributed by atoms with E-state index < -0.39 is 0 Å². The molecule has 0 aliphatic carbocycles. The first-order chi connectivity index (χ1) is 10.1. The topological polar surface area (TPSA) is 70.7 Å². The molecule has 1 atom stereocenters. The summed E-state index contributed by atoms with van der Waals surface area (Å²) in [6.07, 6.45) is 0. The summed E-state index contributed by atoms with van der Waals surface area (Å²) in [7, 11) is 0. The summed E-state index contributed by atoms with van der Waals surface area (Å²) in [5, 5.41) is 5.86. The maximum Gasteiger partial charge on any atom is 0.239 e. The van der Waals surface area contributed by atoms with Gasteiger partial charge < -0.3 is 10.3 Å². The Balaban J connectivity index is 1.67. The number of imidazole rings is 1. The van der Waals surface area contributed by atoms with E-state index in [1.54, 1.807) is 0 Å². The van der Waals surface area contributed by atoms with Gasteiger partial charge in [0.15, 0.2) is 10.3 Å². The third-order valence-corrected chi connectivity index (χ3v) is 4.73. The van der Waals surface area contributed by atoms with Gasteiger partial charge in [0, 0.05) is 5.38 Å². The first-order valence-electron chi connectivity index (χ1n) is 6.46. The lowest BCUT2D eigenvalue weighted by atomic mass is 10.3. The van der Waals surface area contributed by atoms with E-state index in [1.165, 1.54) is 23.1 Å².